The van der Waals surface area contributed by atoms with Gasteiger partial charge in [0.15, 0.2) is 0 Å². The van der Waals surface area contributed by atoms with Crippen molar-refractivity contribution in [1.82, 2.24) is 0 Å². The smallest absolute Gasteiger partial charge is 0.348 e. The molecule has 1 heterocycles. The maximum absolute atomic E-state index is 12.8. The third-order valence-corrected chi connectivity index (χ3v) is 6.44. The number of carbonyl (C=O) groups is 2. The second kappa shape index (κ2) is 9.67. The number of benzene rings is 1. The van der Waals surface area contributed by atoms with E-state index >= 15 is 0 Å². The van der Waals surface area contributed by atoms with Crippen LogP contribution >= 0.6 is 34.9 Å². The number of anilines is 1. The second-order valence-corrected chi connectivity index (χ2v) is 8.13. The van der Waals surface area contributed by atoms with Crippen LogP contribution in [0.1, 0.15) is 39.4 Å². The molecule has 2 rings (SSSR count). The van der Waals surface area contributed by atoms with Gasteiger partial charge in [-0.2, -0.15) is 5.26 Å². The third kappa shape index (κ3) is 4.61. The van der Waals surface area contributed by atoms with Gasteiger partial charge in [-0.15, -0.1) is 23.1 Å². The molecule has 0 bridgehead atoms. The zero-order valence-corrected chi connectivity index (χ0v) is 17.1. The fourth-order valence-corrected chi connectivity index (χ4v) is 4.84. The Kier molecular flexibility index (Phi) is 7.57. The molecule has 1 N–H and O–H groups in total. The number of thiophene rings is 1. The zero-order chi connectivity index (χ0) is 19.1. The van der Waals surface area contributed by atoms with Crippen molar-refractivity contribution in [3.8, 4) is 5.40 Å². The van der Waals surface area contributed by atoms with Gasteiger partial charge in [0, 0.05) is 4.90 Å². The first-order chi connectivity index (χ1) is 12.5. The van der Waals surface area contributed by atoms with Crippen molar-refractivity contribution < 1.29 is 14.3 Å². The maximum atomic E-state index is 12.8. The fraction of sp³-hybridized carbons (Fsp3) is 0.278. The highest BCUT2D eigenvalue weighted by atomic mass is 32.2. The summed E-state index contributed by atoms with van der Waals surface area (Å²) in [6, 6.07) is 7.36. The Labute approximate surface area is 165 Å². The fourth-order valence-electron chi connectivity index (χ4n) is 2.25. The molecule has 1 amide bonds. The predicted octanol–water partition coefficient (Wildman–Crippen LogP) is 5.17. The van der Waals surface area contributed by atoms with Gasteiger partial charge in [-0.05, 0) is 49.1 Å². The number of nitrogens with one attached hydrogen (secondary N) is 1. The van der Waals surface area contributed by atoms with Crippen molar-refractivity contribution in [1.29, 1.82) is 5.26 Å². The number of thiocyanates is 1. The summed E-state index contributed by atoms with van der Waals surface area (Å²) in [5, 5.41) is 14.4. The van der Waals surface area contributed by atoms with E-state index in [0.29, 0.717) is 25.9 Å². The van der Waals surface area contributed by atoms with Gasteiger partial charge in [-0.25, -0.2) is 4.79 Å². The summed E-state index contributed by atoms with van der Waals surface area (Å²) in [4.78, 5) is 26.7. The van der Waals surface area contributed by atoms with Crippen LogP contribution in [0.25, 0.3) is 0 Å². The van der Waals surface area contributed by atoms with Crippen molar-refractivity contribution in [2.24, 2.45) is 0 Å². The van der Waals surface area contributed by atoms with Gasteiger partial charge in [-0.3, -0.25) is 4.79 Å². The number of esters is 1. The topological polar surface area (TPSA) is 79.2 Å². The van der Waals surface area contributed by atoms with Gasteiger partial charge in [0.05, 0.1) is 17.1 Å². The van der Waals surface area contributed by atoms with E-state index in [2.05, 4.69) is 5.32 Å². The Morgan fingerprint density at radius 2 is 2.04 bits per heavy atom. The molecule has 26 heavy (non-hydrogen) atoms. The van der Waals surface area contributed by atoms with E-state index in [1.54, 1.807) is 31.7 Å². The van der Waals surface area contributed by atoms with Gasteiger partial charge in [0.1, 0.15) is 15.3 Å². The summed E-state index contributed by atoms with van der Waals surface area (Å²) in [6.07, 6.45) is 0. The molecule has 0 fully saturated rings. The van der Waals surface area contributed by atoms with Crippen LogP contribution in [0, 0.1) is 17.6 Å². The Hall–Kier alpha value is -1.95. The van der Waals surface area contributed by atoms with Crippen LogP contribution in [0.3, 0.4) is 0 Å². The van der Waals surface area contributed by atoms with Crippen LogP contribution in [0.5, 0.6) is 0 Å². The van der Waals surface area contributed by atoms with E-state index < -0.39 is 5.97 Å². The number of rotatable bonds is 7. The van der Waals surface area contributed by atoms with Crippen molar-refractivity contribution in [2.75, 3.05) is 17.7 Å². The summed E-state index contributed by atoms with van der Waals surface area (Å²) in [6.45, 7) is 5.77. The third-order valence-electron chi connectivity index (χ3n) is 3.36. The number of carbonyl (C=O) groups excluding carboxylic acids is 2. The number of thioether (sulfide) groups is 2. The minimum Gasteiger partial charge on any atom is -0.462 e. The lowest BCUT2D eigenvalue weighted by Gasteiger charge is -2.09. The molecule has 0 spiro atoms. The number of ether oxygens (including phenoxy) is 1. The highest BCUT2D eigenvalue weighted by Crippen LogP contribution is 2.40. The second-order valence-electron chi connectivity index (χ2n) is 5.01. The molecule has 0 unspecified atom stereocenters. The van der Waals surface area contributed by atoms with Crippen LogP contribution in [0.15, 0.2) is 34.1 Å². The van der Waals surface area contributed by atoms with Crippen LogP contribution in [0.4, 0.5) is 5.00 Å². The number of hydrogen-bond donors (Lipinski definition) is 1. The van der Waals surface area contributed by atoms with E-state index in [1.807, 2.05) is 30.5 Å². The maximum Gasteiger partial charge on any atom is 0.348 e. The molecule has 0 aliphatic rings. The summed E-state index contributed by atoms with van der Waals surface area (Å²) in [5.41, 5.74) is 1.21. The Morgan fingerprint density at radius 1 is 1.31 bits per heavy atom. The van der Waals surface area contributed by atoms with Crippen molar-refractivity contribution in [2.45, 2.75) is 30.6 Å². The number of amides is 1. The Balaban J connectivity index is 2.37. The lowest BCUT2D eigenvalue weighted by atomic mass is 10.2. The quantitative estimate of drug-likeness (QED) is 0.388. The molecule has 2 aromatic rings. The summed E-state index contributed by atoms with van der Waals surface area (Å²) in [7, 11) is 0. The highest BCUT2D eigenvalue weighted by molar-refractivity contribution is 8.04. The van der Waals surface area contributed by atoms with Gasteiger partial charge in [0.2, 0.25) is 0 Å². The molecule has 0 saturated carbocycles. The minimum absolute atomic E-state index is 0.264. The lowest BCUT2D eigenvalue weighted by molar-refractivity contribution is 0.0531. The van der Waals surface area contributed by atoms with Gasteiger partial charge >= 0.3 is 5.97 Å². The van der Waals surface area contributed by atoms with Gasteiger partial charge in [0.25, 0.3) is 5.91 Å². The molecular weight excluding hydrogens is 388 g/mol. The molecule has 0 aliphatic carbocycles. The normalized spacial score (nSPS) is 10.2. The molecule has 0 radical (unpaired) electrons. The van der Waals surface area contributed by atoms with E-state index in [0.717, 1.165) is 33.7 Å². The molecule has 0 saturated heterocycles. The monoisotopic (exact) mass is 406 g/mol. The lowest BCUT2D eigenvalue weighted by Crippen LogP contribution is -2.12. The molecule has 0 atom stereocenters. The van der Waals surface area contributed by atoms with E-state index in [-0.39, 0.29) is 12.5 Å². The molecule has 136 valence electrons. The molecule has 8 heteroatoms. The van der Waals surface area contributed by atoms with Crippen LogP contribution < -0.4 is 5.32 Å². The van der Waals surface area contributed by atoms with Crippen molar-refractivity contribution in [3.63, 3.8) is 0 Å². The summed E-state index contributed by atoms with van der Waals surface area (Å²) >= 11 is 3.64. The highest BCUT2D eigenvalue weighted by Gasteiger charge is 2.23. The van der Waals surface area contributed by atoms with Crippen LogP contribution in [-0.4, -0.2) is 24.2 Å². The number of nitriles is 1. The minimum atomic E-state index is -0.447. The molecular formula is C18H18N2O3S3. The van der Waals surface area contributed by atoms with Crippen LogP contribution in [-0.2, 0) is 4.74 Å². The average Bonchev–Trinajstić information content (AvgIpc) is 2.92. The first kappa shape index (κ1) is 20.4. The summed E-state index contributed by atoms with van der Waals surface area (Å²) < 4.78 is 5.06. The standard InChI is InChI=1S/C18H18N2O3S3/c1-4-23-18(22)15-11(3)14(25-10-19)17(26-15)20-16(21)12-8-6-7-9-13(12)24-5-2/h6-9H,4-5H2,1-3H3,(H,20,21). The SMILES string of the molecule is CCOC(=O)c1sc(NC(=O)c2ccccc2SCC)c(SC#N)c1C. The first-order valence-corrected chi connectivity index (χ1v) is 10.5. The average molecular weight is 407 g/mol. The van der Waals surface area contributed by atoms with Crippen molar-refractivity contribution in [3.05, 3.63) is 40.3 Å². The molecule has 1 aromatic heterocycles. The predicted molar refractivity (Wildman–Crippen MR) is 107 cm³/mol. The zero-order valence-electron chi connectivity index (χ0n) is 14.6. The first-order valence-electron chi connectivity index (χ1n) is 7.93. The van der Waals surface area contributed by atoms with E-state index in [4.69, 9.17) is 10.00 Å². The van der Waals surface area contributed by atoms with Crippen molar-refractivity contribution >= 4 is 51.7 Å². The summed E-state index contributed by atoms with van der Waals surface area (Å²) in [5.74, 6) is 0.139. The van der Waals surface area contributed by atoms with E-state index in [1.165, 1.54) is 0 Å². The number of nitrogens with zero attached hydrogens (tertiary/aromatic N) is 1. The Morgan fingerprint density at radius 3 is 2.69 bits per heavy atom. The van der Waals surface area contributed by atoms with Gasteiger partial charge in [-0.1, -0.05) is 19.1 Å². The molecule has 1 aromatic carbocycles. The largest absolute Gasteiger partial charge is 0.462 e. The van der Waals surface area contributed by atoms with E-state index in [9.17, 15) is 9.59 Å². The molecule has 0 aliphatic heterocycles. The number of hydrogen-bond acceptors (Lipinski definition) is 7. The Bertz CT molecular complexity index is 856. The van der Waals surface area contributed by atoms with Gasteiger partial charge < -0.3 is 10.1 Å². The molecule has 5 nitrogen and oxygen atoms in total. The van der Waals surface area contributed by atoms with Crippen LogP contribution in [0.2, 0.25) is 0 Å².